The molecule has 0 radical (unpaired) electrons. The highest BCUT2D eigenvalue weighted by Crippen LogP contribution is 2.19. The highest BCUT2D eigenvalue weighted by atomic mass is 32.1. The molecule has 0 saturated carbocycles. The summed E-state index contributed by atoms with van der Waals surface area (Å²) in [6.07, 6.45) is 2.50. The molecular formula is C19H18FNO5S. The summed E-state index contributed by atoms with van der Waals surface area (Å²) in [5, 5.41) is 2.64. The number of halogens is 1. The molecule has 142 valence electrons. The first-order chi connectivity index (χ1) is 12.9. The van der Waals surface area contributed by atoms with Crippen LogP contribution in [0.1, 0.15) is 27.0 Å². The van der Waals surface area contributed by atoms with E-state index in [0.717, 1.165) is 11.0 Å². The highest BCUT2D eigenvalue weighted by Gasteiger charge is 2.12. The maximum Gasteiger partial charge on any atom is 0.331 e. The fraction of sp³-hybridized carbons (Fsp3) is 0.211. The first kappa shape index (κ1) is 20.3. The monoisotopic (exact) mass is 391 g/mol. The number of amides is 1. The molecule has 0 aliphatic carbocycles. The van der Waals surface area contributed by atoms with Gasteiger partial charge in [-0.2, -0.15) is 0 Å². The summed E-state index contributed by atoms with van der Waals surface area (Å²) in [5.41, 5.74) is 0.456. The number of ketones is 1. The topological polar surface area (TPSA) is 81.7 Å². The second kappa shape index (κ2) is 9.63. The van der Waals surface area contributed by atoms with Gasteiger partial charge in [0.2, 0.25) is 11.7 Å². The van der Waals surface area contributed by atoms with Crippen LogP contribution in [0.4, 0.5) is 4.39 Å². The Balaban J connectivity index is 1.85. The third-order valence-electron chi connectivity index (χ3n) is 3.38. The predicted molar refractivity (Wildman–Crippen MR) is 99.1 cm³/mol. The number of ether oxygens (including phenoxy) is 2. The van der Waals surface area contributed by atoms with Gasteiger partial charge in [0.1, 0.15) is 0 Å². The molecule has 0 atom stereocenters. The molecule has 0 bridgehead atoms. The van der Waals surface area contributed by atoms with Crippen molar-refractivity contribution in [2.45, 2.75) is 13.5 Å². The molecule has 0 spiro atoms. The second-order valence-corrected chi connectivity index (χ2v) is 6.60. The molecule has 6 nitrogen and oxygen atoms in total. The number of rotatable bonds is 8. The van der Waals surface area contributed by atoms with Crippen molar-refractivity contribution in [2.24, 2.45) is 0 Å². The van der Waals surface area contributed by atoms with E-state index in [0.29, 0.717) is 17.0 Å². The summed E-state index contributed by atoms with van der Waals surface area (Å²) >= 11 is 1.22. The van der Waals surface area contributed by atoms with Crippen molar-refractivity contribution in [3.8, 4) is 5.75 Å². The van der Waals surface area contributed by atoms with Gasteiger partial charge in [0, 0.05) is 17.9 Å². The average molecular weight is 391 g/mol. The number of carbonyl (C=O) groups is 3. The number of nitrogens with one attached hydrogen (secondary N) is 1. The van der Waals surface area contributed by atoms with Crippen molar-refractivity contribution in [3.63, 3.8) is 0 Å². The lowest BCUT2D eigenvalue weighted by molar-refractivity contribution is -0.136. The van der Waals surface area contributed by atoms with Crippen LogP contribution in [0.5, 0.6) is 5.75 Å². The predicted octanol–water partition coefficient (Wildman–Crippen LogP) is 2.97. The molecule has 1 aromatic carbocycles. The number of methoxy groups -OCH3 is 1. The first-order valence-corrected chi connectivity index (χ1v) is 8.75. The Hall–Kier alpha value is -3.00. The summed E-state index contributed by atoms with van der Waals surface area (Å²) in [7, 11) is 1.36. The maximum atomic E-state index is 13.6. The fourth-order valence-electron chi connectivity index (χ4n) is 2.04. The number of esters is 1. The molecule has 2 aromatic rings. The van der Waals surface area contributed by atoms with Crippen LogP contribution in [0.25, 0.3) is 6.08 Å². The van der Waals surface area contributed by atoms with E-state index < -0.39 is 18.4 Å². The summed E-state index contributed by atoms with van der Waals surface area (Å²) < 4.78 is 23.3. The van der Waals surface area contributed by atoms with Gasteiger partial charge in [0.05, 0.1) is 18.5 Å². The van der Waals surface area contributed by atoms with Gasteiger partial charge in [0.15, 0.2) is 18.2 Å². The number of hydrogen-bond acceptors (Lipinski definition) is 6. The van der Waals surface area contributed by atoms with Crippen molar-refractivity contribution in [2.75, 3.05) is 13.7 Å². The Morgan fingerprint density at radius 2 is 2.00 bits per heavy atom. The van der Waals surface area contributed by atoms with E-state index >= 15 is 0 Å². The molecule has 1 amide bonds. The standard InChI is InChI=1S/C19H18FNO5S/c1-12(22)21-10-14-5-7-18(27-14)16(23)11-26-19(24)8-4-13-3-6-17(25-2)15(20)9-13/h3-9H,10-11H2,1-2H3,(H,21,22)/b8-4+. The Morgan fingerprint density at radius 3 is 2.67 bits per heavy atom. The van der Waals surface area contributed by atoms with E-state index in [4.69, 9.17) is 9.47 Å². The lowest BCUT2D eigenvalue weighted by Crippen LogP contribution is -2.18. The maximum absolute atomic E-state index is 13.6. The molecule has 1 heterocycles. The zero-order chi connectivity index (χ0) is 19.8. The van der Waals surface area contributed by atoms with Crippen molar-refractivity contribution in [3.05, 3.63) is 57.5 Å². The summed E-state index contributed by atoms with van der Waals surface area (Å²) in [6, 6.07) is 7.59. The molecular weight excluding hydrogens is 373 g/mol. The number of benzene rings is 1. The number of Topliss-reactive ketones (excluding diaryl/α,β-unsaturated/α-hetero) is 1. The van der Waals surface area contributed by atoms with Gasteiger partial charge in [-0.25, -0.2) is 9.18 Å². The zero-order valence-corrected chi connectivity index (χ0v) is 15.6. The minimum atomic E-state index is -0.713. The van der Waals surface area contributed by atoms with Crippen LogP contribution in [-0.2, 0) is 20.9 Å². The molecule has 0 fully saturated rings. The van der Waals surface area contributed by atoms with E-state index in [1.165, 1.54) is 43.6 Å². The quantitative estimate of drug-likeness (QED) is 0.425. The zero-order valence-electron chi connectivity index (χ0n) is 14.8. The second-order valence-electron chi connectivity index (χ2n) is 5.43. The summed E-state index contributed by atoms with van der Waals surface area (Å²) in [5.74, 6) is -1.65. The van der Waals surface area contributed by atoms with Crippen LogP contribution in [0.2, 0.25) is 0 Å². The van der Waals surface area contributed by atoms with Gasteiger partial charge in [-0.3, -0.25) is 9.59 Å². The van der Waals surface area contributed by atoms with Gasteiger partial charge in [-0.15, -0.1) is 11.3 Å². The lowest BCUT2D eigenvalue weighted by Gasteiger charge is -2.02. The molecule has 27 heavy (non-hydrogen) atoms. The van der Waals surface area contributed by atoms with Crippen molar-refractivity contribution in [1.82, 2.24) is 5.32 Å². The van der Waals surface area contributed by atoms with Crippen molar-refractivity contribution in [1.29, 1.82) is 0 Å². The van der Waals surface area contributed by atoms with E-state index in [1.807, 2.05) is 0 Å². The van der Waals surface area contributed by atoms with E-state index in [-0.39, 0.29) is 17.4 Å². The minimum Gasteiger partial charge on any atom is -0.494 e. The van der Waals surface area contributed by atoms with Crippen LogP contribution in [0.3, 0.4) is 0 Å². The molecule has 2 rings (SSSR count). The SMILES string of the molecule is COc1ccc(/C=C/C(=O)OCC(=O)c2ccc(CNC(C)=O)s2)cc1F. The average Bonchev–Trinajstić information content (AvgIpc) is 3.12. The molecule has 0 saturated heterocycles. The molecule has 0 aliphatic heterocycles. The van der Waals surface area contributed by atoms with Gasteiger partial charge < -0.3 is 14.8 Å². The van der Waals surface area contributed by atoms with E-state index in [2.05, 4.69) is 5.32 Å². The highest BCUT2D eigenvalue weighted by molar-refractivity contribution is 7.14. The third kappa shape index (κ3) is 6.34. The molecule has 1 aromatic heterocycles. The van der Waals surface area contributed by atoms with Gasteiger partial charge in [-0.1, -0.05) is 6.07 Å². The molecule has 1 N–H and O–H groups in total. The summed E-state index contributed by atoms with van der Waals surface area (Å²) in [6.45, 7) is 1.35. The Morgan fingerprint density at radius 1 is 1.22 bits per heavy atom. The molecule has 0 unspecified atom stereocenters. The van der Waals surface area contributed by atoms with Gasteiger partial charge in [-0.05, 0) is 35.9 Å². The normalized spacial score (nSPS) is 10.6. The number of thiophene rings is 1. The van der Waals surface area contributed by atoms with Crippen molar-refractivity contribution >= 4 is 35.1 Å². The minimum absolute atomic E-state index is 0.106. The van der Waals surface area contributed by atoms with Crippen LogP contribution in [0.15, 0.2) is 36.4 Å². The van der Waals surface area contributed by atoms with E-state index in [1.54, 1.807) is 18.2 Å². The first-order valence-electron chi connectivity index (χ1n) is 7.93. The van der Waals surface area contributed by atoms with Crippen LogP contribution in [-0.4, -0.2) is 31.4 Å². The van der Waals surface area contributed by atoms with Gasteiger partial charge >= 0.3 is 5.97 Å². The molecule has 0 aliphatic rings. The number of hydrogen-bond donors (Lipinski definition) is 1. The van der Waals surface area contributed by atoms with Gasteiger partial charge in [0.25, 0.3) is 0 Å². The third-order valence-corrected chi connectivity index (χ3v) is 4.51. The van der Waals surface area contributed by atoms with E-state index in [9.17, 15) is 18.8 Å². The van der Waals surface area contributed by atoms with Crippen LogP contribution < -0.4 is 10.1 Å². The van der Waals surface area contributed by atoms with Crippen LogP contribution >= 0.6 is 11.3 Å². The lowest BCUT2D eigenvalue weighted by atomic mass is 10.2. The smallest absolute Gasteiger partial charge is 0.331 e. The molecule has 8 heteroatoms. The largest absolute Gasteiger partial charge is 0.494 e. The van der Waals surface area contributed by atoms with Crippen molar-refractivity contribution < 1.29 is 28.2 Å². The summed E-state index contributed by atoms with van der Waals surface area (Å²) in [4.78, 5) is 35.9. The number of carbonyl (C=O) groups excluding carboxylic acids is 3. The van der Waals surface area contributed by atoms with Crippen LogP contribution in [0, 0.1) is 5.82 Å². The Labute approximate surface area is 159 Å². The Kier molecular flexibility index (Phi) is 7.25. The fourth-order valence-corrected chi connectivity index (χ4v) is 2.91. The Bertz CT molecular complexity index is 875.